The number of H-pyrrole nitrogens is 3. The van der Waals surface area contributed by atoms with Crippen molar-refractivity contribution in [2.45, 2.75) is 154 Å². The number of hydrogen-bond acceptors (Lipinski definition) is 9. The first-order valence-corrected chi connectivity index (χ1v) is 27.3. The van der Waals surface area contributed by atoms with E-state index in [0.717, 1.165) is 159 Å². The van der Waals surface area contributed by atoms with Crippen molar-refractivity contribution in [1.29, 1.82) is 0 Å². The Hall–Kier alpha value is -6.65. The van der Waals surface area contributed by atoms with Gasteiger partial charge < -0.3 is 29.7 Å². The van der Waals surface area contributed by atoms with Crippen LogP contribution in [0.4, 0.5) is 8.78 Å². The second-order valence-electron chi connectivity index (χ2n) is 22.5. The molecule has 77 heavy (non-hydrogen) atoms. The highest BCUT2D eigenvalue weighted by molar-refractivity contribution is 5.88. The summed E-state index contributed by atoms with van der Waals surface area (Å²) in [6.45, 7) is 18.7. The molecule has 3 aliphatic carbocycles. The van der Waals surface area contributed by atoms with E-state index in [9.17, 15) is 23.2 Å². The zero-order valence-corrected chi connectivity index (χ0v) is 43.6. The molecule has 17 heteroatoms. The molecular formula is C60H80F2N12O3. The molecule has 3 saturated heterocycles. The van der Waals surface area contributed by atoms with Gasteiger partial charge in [-0.25, -0.2) is 38.7 Å². The maximum atomic E-state index is 14.1. The average Bonchev–Trinajstić information content (AvgIpc) is 3.95. The van der Waals surface area contributed by atoms with Gasteiger partial charge in [0.05, 0.1) is 35.7 Å². The number of piperidine rings is 3. The minimum atomic E-state index is -1.11. The lowest BCUT2D eigenvalue weighted by Gasteiger charge is -2.31. The third kappa shape index (κ3) is 12.9. The van der Waals surface area contributed by atoms with Gasteiger partial charge in [-0.1, -0.05) is 47.4 Å². The van der Waals surface area contributed by atoms with Crippen molar-refractivity contribution in [3.63, 3.8) is 0 Å². The van der Waals surface area contributed by atoms with Gasteiger partial charge in [-0.05, 0) is 139 Å². The van der Waals surface area contributed by atoms with Gasteiger partial charge in [0.25, 0.3) is 0 Å². The van der Waals surface area contributed by atoms with Gasteiger partial charge in [0.2, 0.25) is 17.7 Å². The summed E-state index contributed by atoms with van der Waals surface area (Å²) in [4.78, 5) is 78.1. The molecule has 6 aromatic rings. The molecule has 6 aromatic heterocycles. The summed E-state index contributed by atoms with van der Waals surface area (Å²) in [6.07, 6.45) is 30.4. The van der Waals surface area contributed by atoms with Crippen molar-refractivity contribution < 1.29 is 23.2 Å². The lowest BCUT2D eigenvalue weighted by atomic mass is 9.92. The summed E-state index contributed by atoms with van der Waals surface area (Å²) in [6, 6.07) is 0. The second-order valence-corrected chi connectivity index (χ2v) is 22.5. The Bertz CT molecular complexity index is 2750. The van der Waals surface area contributed by atoms with Gasteiger partial charge in [0, 0.05) is 86.4 Å². The third-order valence-corrected chi connectivity index (χ3v) is 17.1. The number of aromatic amines is 3. The standard InChI is InChI=1S/C20H26N4O.2C19H23FN4O.2CH4/c1-2-18(25)24-9-7-14(8-10-24)11-16-12-21-20-19(23-16)17(13-22-20)15-5-3-4-6-15;2*1-3-16(25)24-6-4-12(5-7-24)8-13-10-21-18-17(23-13)14(11-22-18)15-9-19(15,2)20;;/h2,12-15H,1,3-11H2,(H,21,22);2*3,10-12,15H,1,4-9H2,2H3,(H,21,22);2*1H4/t;2*15-,19?;;/m.10../s1. The molecular weight excluding hydrogens is 975 g/mol. The highest BCUT2D eigenvalue weighted by atomic mass is 19.1. The van der Waals surface area contributed by atoms with E-state index in [0.29, 0.717) is 36.5 Å². The molecule has 15 nitrogen and oxygen atoms in total. The van der Waals surface area contributed by atoms with Crippen LogP contribution < -0.4 is 0 Å². The Balaban J connectivity index is 0.000000151. The summed E-state index contributed by atoms with van der Waals surface area (Å²) < 4.78 is 28.1. The molecule has 3 aliphatic heterocycles. The summed E-state index contributed by atoms with van der Waals surface area (Å²) in [7, 11) is 0. The Morgan fingerprint density at radius 2 is 0.818 bits per heavy atom. The van der Waals surface area contributed by atoms with Crippen LogP contribution in [-0.2, 0) is 33.6 Å². The number of halogens is 2. The van der Waals surface area contributed by atoms with E-state index in [-0.39, 0.29) is 44.4 Å². The van der Waals surface area contributed by atoms with Crippen LogP contribution >= 0.6 is 0 Å². The van der Waals surface area contributed by atoms with Crippen LogP contribution in [0.2, 0.25) is 0 Å². The van der Waals surface area contributed by atoms with E-state index < -0.39 is 11.3 Å². The molecule has 0 radical (unpaired) electrons. The second kappa shape index (κ2) is 23.9. The van der Waals surface area contributed by atoms with Crippen LogP contribution in [0.25, 0.3) is 33.5 Å². The Kier molecular flexibility index (Phi) is 17.6. The predicted molar refractivity (Wildman–Crippen MR) is 300 cm³/mol. The summed E-state index contributed by atoms with van der Waals surface area (Å²) in [5.41, 5.74) is 9.06. The van der Waals surface area contributed by atoms with Crippen LogP contribution in [0.5, 0.6) is 0 Å². The Morgan fingerprint density at radius 3 is 1.10 bits per heavy atom. The first kappa shape index (κ1) is 56.6. The van der Waals surface area contributed by atoms with Crippen LogP contribution in [0, 0.1) is 17.8 Å². The van der Waals surface area contributed by atoms with Gasteiger partial charge in [-0.15, -0.1) is 0 Å². The van der Waals surface area contributed by atoms with E-state index in [1.165, 1.54) is 49.5 Å². The molecule has 12 rings (SSSR count). The molecule has 4 atom stereocenters. The number of nitrogens with zero attached hydrogens (tertiary/aromatic N) is 9. The maximum absolute atomic E-state index is 14.1. The van der Waals surface area contributed by atoms with Crippen molar-refractivity contribution >= 4 is 51.2 Å². The zero-order chi connectivity index (χ0) is 52.4. The number of likely N-dealkylation sites (tertiary alicyclic amines) is 3. The quantitative estimate of drug-likeness (QED) is 0.100. The number of fused-ring (bicyclic) bond motifs is 3. The Morgan fingerprint density at radius 1 is 0.532 bits per heavy atom. The van der Waals surface area contributed by atoms with Crippen LogP contribution in [0.3, 0.4) is 0 Å². The van der Waals surface area contributed by atoms with E-state index in [1.54, 1.807) is 13.8 Å². The molecule has 6 fully saturated rings. The first-order chi connectivity index (χ1) is 36.2. The van der Waals surface area contributed by atoms with Gasteiger partial charge in [0.15, 0.2) is 16.9 Å². The topological polar surface area (TPSA) is 186 Å². The molecule has 0 aromatic carbocycles. The number of rotatable bonds is 12. The van der Waals surface area contributed by atoms with Gasteiger partial charge >= 0.3 is 0 Å². The third-order valence-electron chi connectivity index (χ3n) is 17.1. The van der Waals surface area contributed by atoms with Crippen molar-refractivity contribution in [1.82, 2.24) is 59.6 Å². The smallest absolute Gasteiger partial charge is 0.245 e. The number of aromatic nitrogens is 9. The van der Waals surface area contributed by atoms with Crippen LogP contribution in [0.1, 0.15) is 157 Å². The summed E-state index contributed by atoms with van der Waals surface area (Å²) in [5.74, 6) is 2.14. The Labute approximate surface area is 452 Å². The molecule has 9 heterocycles. The molecule has 0 spiro atoms. The molecule has 2 unspecified atom stereocenters. The van der Waals surface area contributed by atoms with E-state index in [2.05, 4.69) is 55.8 Å². The van der Waals surface area contributed by atoms with Gasteiger partial charge in [-0.2, -0.15) is 0 Å². The minimum absolute atomic E-state index is 0. The monoisotopic (exact) mass is 1050 g/mol. The molecule has 3 amide bonds. The van der Waals surface area contributed by atoms with Crippen molar-refractivity contribution in [2.75, 3.05) is 39.3 Å². The molecule has 6 aliphatic rings. The predicted octanol–water partition coefficient (Wildman–Crippen LogP) is 11.1. The number of amides is 3. The molecule has 3 N–H and O–H groups in total. The van der Waals surface area contributed by atoms with E-state index >= 15 is 0 Å². The molecule has 0 bridgehead atoms. The number of alkyl halides is 2. The number of hydrogen-bond donors (Lipinski definition) is 3. The number of carbonyl (C=O) groups excluding carboxylic acids is 3. The van der Waals surface area contributed by atoms with Crippen molar-refractivity contribution in [2.24, 2.45) is 17.8 Å². The molecule has 412 valence electrons. The lowest BCUT2D eigenvalue weighted by molar-refractivity contribution is -0.128. The number of carbonyl (C=O) groups is 3. The largest absolute Gasteiger partial charge is 0.345 e. The van der Waals surface area contributed by atoms with Crippen molar-refractivity contribution in [3.8, 4) is 0 Å². The minimum Gasteiger partial charge on any atom is -0.345 e. The van der Waals surface area contributed by atoms with Crippen LogP contribution in [-0.4, -0.2) is 128 Å². The zero-order valence-electron chi connectivity index (χ0n) is 43.6. The average molecular weight is 1060 g/mol. The van der Waals surface area contributed by atoms with Gasteiger partial charge in [-0.3, -0.25) is 14.4 Å². The normalized spacial score (nSPS) is 23.8. The summed E-state index contributed by atoms with van der Waals surface area (Å²) in [5, 5.41) is 0. The first-order valence-electron chi connectivity index (χ1n) is 27.3. The SMILES string of the molecule is C.C.C=CC(=O)N1CCC(Cc2cnc3[nH]cc(C4CCCC4)c3n2)CC1.C=CC(=O)N1CCC(Cc2cnc3[nH]cc([C@@H]4CC4(C)F)c3n2)CC1.C=CC(=O)N1CCC(Cc2cnc3[nH]cc([C@H]4CC4(C)F)c3n2)CC1. The number of nitrogens with one attached hydrogen (secondary N) is 3. The van der Waals surface area contributed by atoms with Crippen LogP contribution in [0.15, 0.2) is 75.1 Å². The van der Waals surface area contributed by atoms with Gasteiger partial charge in [0.1, 0.15) is 27.9 Å². The highest BCUT2D eigenvalue weighted by Gasteiger charge is 2.54. The maximum Gasteiger partial charge on any atom is 0.245 e. The fraction of sp³-hybridized carbons (Fsp3) is 0.550. The molecule has 3 saturated carbocycles. The van der Waals surface area contributed by atoms with E-state index in [1.807, 2.05) is 45.7 Å². The van der Waals surface area contributed by atoms with Crippen molar-refractivity contribution in [3.05, 3.63) is 109 Å². The lowest BCUT2D eigenvalue weighted by Crippen LogP contribution is -2.37. The highest BCUT2D eigenvalue weighted by Crippen LogP contribution is 2.56. The summed E-state index contributed by atoms with van der Waals surface area (Å²) >= 11 is 0. The van der Waals surface area contributed by atoms with E-state index in [4.69, 9.17) is 15.0 Å². The fourth-order valence-electron chi connectivity index (χ4n) is 12.1. The fourth-order valence-corrected chi connectivity index (χ4v) is 12.1.